The number of carbonyl (C=O) groups excluding carboxylic acids is 2. The zero-order chi connectivity index (χ0) is 16.5. The van der Waals surface area contributed by atoms with Gasteiger partial charge in [0.15, 0.2) is 0 Å². The van der Waals surface area contributed by atoms with Crippen molar-refractivity contribution in [2.45, 2.75) is 31.8 Å². The molecule has 2 amide bonds. The van der Waals surface area contributed by atoms with Crippen molar-refractivity contribution in [3.8, 4) is 0 Å². The molecule has 0 bridgehead atoms. The molecule has 1 aromatic heterocycles. The molecule has 0 spiro atoms. The molecule has 1 N–H and O–H groups in total. The Kier molecular flexibility index (Phi) is 3.76. The number of nitrogens with zero attached hydrogens (tertiary/aromatic N) is 2. The van der Waals surface area contributed by atoms with Crippen LogP contribution in [-0.4, -0.2) is 28.2 Å². The molecule has 24 heavy (non-hydrogen) atoms. The number of rotatable bonds is 3. The molecule has 1 aromatic carbocycles. The molecule has 0 unspecified atom stereocenters. The summed E-state index contributed by atoms with van der Waals surface area (Å²) >= 11 is 0. The first-order chi connectivity index (χ1) is 11.7. The Morgan fingerprint density at radius 1 is 1.21 bits per heavy atom. The summed E-state index contributed by atoms with van der Waals surface area (Å²) in [5.41, 5.74) is 3.86. The van der Waals surface area contributed by atoms with Crippen LogP contribution < -0.4 is 5.32 Å². The molecule has 2 heterocycles. The predicted octanol–water partition coefficient (Wildman–Crippen LogP) is 2.23. The summed E-state index contributed by atoms with van der Waals surface area (Å²) in [4.78, 5) is 30.8. The zero-order valence-electron chi connectivity index (χ0n) is 13.4. The van der Waals surface area contributed by atoms with Crippen LogP contribution in [0.3, 0.4) is 0 Å². The third-order valence-corrected chi connectivity index (χ3v) is 4.76. The normalized spacial score (nSPS) is 18.9. The number of hydrogen-bond donors (Lipinski definition) is 1. The van der Waals surface area contributed by atoms with Crippen LogP contribution in [0.2, 0.25) is 0 Å². The van der Waals surface area contributed by atoms with E-state index in [4.69, 9.17) is 0 Å². The lowest BCUT2D eigenvalue weighted by molar-refractivity contribution is -0.122. The van der Waals surface area contributed by atoms with E-state index in [9.17, 15) is 9.59 Å². The van der Waals surface area contributed by atoms with Gasteiger partial charge >= 0.3 is 0 Å². The number of carbonyl (C=O) groups is 2. The number of hydrogen-bond acceptors (Lipinski definition) is 3. The smallest absolute Gasteiger partial charge is 0.254 e. The Labute approximate surface area is 140 Å². The molecule has 4 rings (SSSR count). The summed E-state index contributed by atoms with van der Waals surface area (Å²) in [5, 5.41) is 3.05. The monoisotopic (exact) mass is 321 g/mol. The minimum absolute atomic E-state index is 0.0532. The minimum atomic E-state index is -0.125. The lowest BCUT2D eigenvalue weighted by atomic mass is 9.92. The highest BCUT2D eigenvalue weighted by atomic mass is 16.2. The molecule has 0 saturated carbocycles. The molecule has 0 fully saturated rings. The summed E-state index contributed by atoms with van der Waals surface area (Å²) in [6, 6.07) is 11.5. The van der Waals surface area contributed by atoms with Crippen molar-refractivity contribution >= 4 is 11.8 Å². The third kappa shape index (κ3) is 2.66. The minimum Gasteiger partial charge on any atom is -0.346 e. The van der Waals surface area contributed by atoms with E-state index in [2.05, 4.69) is 16.4 Å². The maximum absolute atomic E-state index is 12.4. The molecule has 2 aromatic rings. The highest BCUT2D eigenvalue weighted by Crippen LogP contribution is 2.28. The van der Waals surface area contributed by atoms with Gasteiger partial charge in [-0.1, -0.05) is 24.3 Å². The quantitative estimate of drug-likeness (QED) is 0.943. The topological polar surface area (TPSA) is 62.3 Å². The number of aromatic nitrogens is 1. The van der Waals surface area contributed by atoms with Crippen LogP contribution in [0.4, 0.5) is 0 Å². The van der Waals surface area contributed by atoms with E-state index in [1.54, 1.807) is 11.1 Å². The van der Waals surface area contributed by atoms with E-state index >= 15 is 0 Å². The molecular formula is C19H19N3O2. The van der Waals surface area contributed by atoms with Crippen molar-refractivity contribution in [2.75, 3.05) is 6.54 Å². The Hall–Kier alpha value is -2.69. The number of benzene rings is 1. The van der Waals surface area contributed by atoms with Crippen molar-refractivity contribution in [3.63, 3.8) is 0 Å². The van der Waals surface area contributed by atoms with Gasteiger partial charge in [0.05, 0.1) is 11.7 Å². The first-order valence-electron chi connectivity index (χ1n) is 8.33. The average molecular weight is 321 g/mol. The lowest BCUT2D eigenvalue weighted by Gasteiger charge is -2.26. The van der Waals surface area contributed by atoms with E-state index in [0.29, 0.717) is 12.1 Å². The second-order valence-electron chi connectivity index (χ2n) is 6.38. The standard InChI is InChI=1S/C19H19N3O2/c23-17(12-22-11-14-5-1-2-8-15(14)19(22)24)21-16-9-3-6-13-7-4-10-20-18(13)16/h1-2,4-5,7-8,10,16H,3,6,9,11-12H2,(H,21,23)/t16-/m0/s1. The fourth-order valence-electron chi connectivity index (χ4n) is 3.61. The van der Waals surface area contributed by atoms with Crippen molar-refractivity contribution in [1.29, 1.82) is 0 Å². The van der Waals surface area contributed by atoms with Gasteiger partial charge in [-0.15, -0.1) is 0 Å². The van der Waals surface area contributed by atoms with E-state index in [0.717, 1.165) is 30.5 Å². The molecule has 122 valence electrons. The molecule has 1 aliphatic heterocycles. The summed E-state index contributed by atoms with van der Waals surface area (Å²) in [5.74, 6) is -0.192. The predicted molar refractivity (Wildman–Crippen MR) is 89.2 cm³/mol. The van der Waals surface area contributed by atoms with Gasteiger partial charge in [0.1, 0.15) is 6.54 Å². The van der Waals surface area contributed by atoms with Gasteiger partial charge in [-0.2, -0.15) is 0 Å². The Balaban J connectivity index is 1.43. The van der Waals surface area contributed by atoms with E-state index in [1.807, 2.05) is 30.3 Å². The summed E-state index contributed by atoms with van der Waals surface area (Å²) in [7, 11) is 0. The Bertz CT molecular complexity index is 803. The van der Waals surface area contributed by atoms with Gasteiger partial charge in [-0.05, 0) is 42.5 Å². The maximum Gasteiger partial charge on any atom is 0.254 e. The van der Waals surface area contributed by atoms with Crippen LogP contribution in [0.5, 0.6) is 0 Å². The van der Waals surface area contributed by atoms with Crippen LogP contribution >= 0.6 is 0 Å². The highest BCUT2D eigenvalue weighted by molar-refractivity contribution is 6.00. The SMILES string of the molecule is O=C(CN1Cc2ccccc2C1=O)N[C@H]1CCCc2cccnc21. The van der Waals surface area contributed by atoms with Gasteiger partial charge in [0.2, 0.25) is 5.91 Å². The maximum atomic E-state index is 12.4. The van der Waals surface area contributed by atoms with Gasteiger partial charge in [-0.25, -0.2) is 0 Å². The molecule has 1 atom stereocenters. The van der Waals surface area contributed by atoms with Gasteiger partial charge in [0, 0.05) is 18.3 Å². The Morgan fingerprint density at radius 3 is 2.92 bits per heavy atom. The van der Waals surface area contributed by atoms with Crippen LogP contribution in [0.1, 0.15) is 46.1 Å². The van der Waals surface area contributed by atoms with E-state index in [1.165, 1.54) is 5.56 Å². The van der Waals surface area contributed by atoms with Crippen molar-refractivity contribution in [1.82, 2.24) is 15.2 Å². The van der Waals surface area contributed by atoms with E-state index in [-0.39, 0.29) is 24.4 Å². The van der Waals surface area contributed by atoms with Crippen LogP contribution in [0, 0.1) is 0 Å². The highest BCUT2D eigenvalue weighted by Gasteiger charge is 2.29. The van der Waals surface area contributed by atoms with Gasteiger partial charge in [-0.3, -0.25) is 14.6 Å². The zero-order valence-corrected chi connectivity index (χ0v) is 13.4. The fourth-order valence-corrected chi connectivity index (χ4v) is 3.61. The van der Waals surface area contributed by atoms with Crippen LogP contribution in [0.15, 0.2) is 42.6 Å². The molecule has 2 aliphatic rings. The molecule has 5 heteroatoms. The average Bonchev–Trinajstić information content (AvgIpc) is 2.91. The lowest BCUT2D eigenvalue weighted by Crippen LogP contribution is -2.40. The van der Waals surface area contributed by atoms with E-state index < -0.39 is 0 Å². The number of fused-ring (bicyclic) bond motifs is 2. The number of nitrogens with one attached hydrogen (secondary N) is 1. The number of pyridine rings is 1. The molecule has 1 aliphatic carbocycles. The third-order valence-electron chi connectivity index (χ3n) is 4.76. The number of aryl methyl sites for hydroxylation is 1. The van der Waals surface area contributed by atoms with Crippen LogP contribution in [0.25, 0.3) is 0 Å². The second kappa shape index (κ2) is 6.07. The largest absolute Gasteiger partial charge is 0.346 e. The summed E-state index contributed by atoms with van der Waals surface area (Å²) in [6.07, 6.45) is 4.71. The number of amides is 2. The molecule has 0 saturated heterocycles. The summed E-state index contributed by atoms with van der Waals surface area (Å²) in [6.45, 7) is 0.591. The fraction of sp³-hybridized carbons (Fsp3) is 0.316. The molecule has 0 radical (unpaired) electrons. The Morgan fingerprint density at radius 2 is 2.04 bits per heavy atom. The second-order valence-corrected chi connectivity index (χ2v) is 6.38. The summed E-state index contributed by atoms with van der Waals surface area (Å²) < 4.78 is 0. The molecular weight excluding hydrogens is 302 g/mol. The van der Waals surface area contributed by atoms with Crippen molar-refractivity contribution in [3.05, 3.63) is 65.0 Å². The van der Waals surface area contributed by atoms with Crippen molar-refractivity contribution in [2.24, 2.45) is 0 Å². The van der Waals surface area contributed by atoms with Crippen molar-refractivity contribution < 1.29 is 9.59 Å². The first-order valence-corrected chi connectivity index (χ1v) is 8.33. The van der Waals surface area contributed by atoms with Gasteiger partial charge < -0.3 is 10.2 Å². The van der Waals surface area contributed by atoms with Gasteiger partial charge in [0.25, 0.3) is 5.91 Å². The molecule has 5 nitrogen and oxygen atoms in total. The first kappa shape index (κ1) is 14.9. The van der Waals surface area contributed by atoms with Crippen LogP contribution in [-0.2, 0) is 17.8 Å².